The maximum atomic E-state index is 13.7. The summed E-state index contributed by atoms with van der Waals surface area (Å²) in [6.45, 7) is 17.1. The van der Waals surface area contributed by atoms with Crippen molar-refractivity contribution in [2.75, 3.05) is 21.3 Å². The lowest BCUT2D eigenvalue weighted by Crippen LogP contribution is -2.60. The molecule has 1 amide bonds. The third-order valence-corrected chi connectivity index (χ3v) is 10.4. The van der Waals surface area contributed by atoms with Crippen molar-refractivity contribution in [3.8, 4) is 0 Å². The largest absolute Gasteiger partial charge is 0.490 e. The molecule has 2 rings (SSSR count). The Kier molecular flexibility index (Phi) is 17.5. The smallest absolute Gasteiger partial charge is 0.373 e. The number of aliphatic hydroxyl groups is 2. The van der Waals surface area contributed by atoms with E-state index in [0.29, 0.717) is 12.0 Å². The second kappa shape index (κ2) is 20.2. The van der Waals surface area contributed by atoms with Crippen molar-refractivity contribution in [2.45, 2.75) is 118 Å². The number of primary amides is 1. The van der Waals surface area contributed by atoms with Crippen LogP contribution in [-0.4, -0.2) is 91.8 Å². The number of ether oxygens (including phenoxy) is 6. The van der Waals surface area contributed by atoms with Gasteiger partial charge in [0, 0.05) is 56.5 Å². The summed E-state index contributed by atoms with van der Waals surface area (Å²) < 4.78 is 36.0. The van der Waals surface area contributed by atoms with Gasteiger partial charge in [-0.25, -0.2) is 9.59 Å². The molecule has 0 spiro atoms. The zero-order valence-electron chi connectivity index (χ0n) is 33.0. The van der Waals surface area contributed by atoms with E-state index in [1.807, 2.05) is 66.7 Å². The second-order valence-corrected chi connectivity index (χ2v) is 14.9. The summed E-state index contributed by atoms with van der Waals surface area (Å²) in [5.41, 5.74) is 6.92. The first kappa shape index (κ1) is 44.9. The predicted molar refractivity (Wildman–Crippen MR) is 197 cm³/mol. The average Bonchev–Trinajstić information content (AvgIpc) is 3.09. The quantitative estimate of drug-likeness (QED) is 0.194. The number of carbonyl (C=O) groups excluding carboxylic acids is 3. The van der Waals surface area contributed by atoms with Crippen LogP contribution in [-0.2, 0) is 42.8 Å². The van der Waals surface area contributed by atoms with Gasteiger partial charge in [-0.2, -0.15) is 0 Å². The lowest BCUT2D eigenvalue weighted by atomic mass is 9.76. The van der Waals surface area contributed by atoms with Gasteiger partial charge in [0.25, 0.3) is 0 Å². The Hall–Kier alpha value is -3.29. The normalized spacial score (nSPS) is 33.0. The summed E-state index contributed by atoms with van der Waals surface area (Å²) >= 11 is 0. The molecule has 2 aliphatic heterocycles. The molecule has 294 valence electrons. The Morgan fingerprint density at radius 2 is 1.71 bits per heavy atom. The molecular formula is C40H63NO11. The molecule has 12 atom stereocenters. The molecule has 12 nitrogen and oxygen atoms in total. The van der Waals surface area contributed by atoms with Crippen LogP contribution in [0.2, 0.25) is 0 Å². The van der Waals surface area contributed by atoms with Crippen molar-refractivity contribution >= 4 is 17.8 Å². The van der Waals surface area contributed by atoms with Crippen molar-refractivity contribution < 1.29 is 53.0 Å². The van der Waals surface area contributed by atoms with E-state index in [-0.39, 0.29) is 35.9 Å². The Bertz CT molecular complexity index is 1370. The van der Waals surface area contributed by atoms with Gasteiger partial charge < -0.3 is 44.4 Å². The minimum absolute atomic E-state index is 0.0199. The fraction of sp³-hybridized carbons (Fsp3) is 0.675. The highest BCUT2D eigenvalue weighted by Gasteiger charge is 2.54. The van der Waals surface area contributed by atoms with Crippen LogP contribution in [0.3, 0.4) is 0 Å². The summed E-state index contributed by atoms with van der Waals surface area (Å²) in [7, 11) is 4.34. The van der Waals surface area contributed by atoms with Gasteiger partial charge >= 0.3 is 11.9 Å². The molecule has 1 saturated heterocycles. The molecule has 4 N–H and O–H groups in total. The minimum atomic E-state index is -1.43. The van der Waals surface area contributed by atoms with Crippen molar-refractivity contribution in [1.82, 2.24) is 0 Å². The third kappa shape index (κ3) is 11.9. The van der Waals surface area contributed by atoms with Gasteiger partial charge in [-0.05, 0) is 38.2 Å². The van der Waals surface area contributed by atoms with E-state index in [4.69, 9.17) is 34.2 Å². The first-order valence-corrected chi connectivity index (χ1v) is 18.1. The fourth-order valence-corrected chi connectivity index (χ4v) is 7.31. The molecule has 2 aliphatic rings. The first-order valence-electron chi connectivity index (χ1n) is 18.1. The van der Waals surface area contributed by atoms with Crippen molar-refractivity contribution in [3.05, 3.63) is 59.4 Å². The molecule has 0 bridgehead atoms. The van der Waals surface area contributed by atoms with Gasteiger partial charge in [-0.1, -0.05) is 83.9 Å². The van der Waals surface area contributed by atoms with Gasteiger partial charge in [0.2, 0.25) is 11.7 Å². The highest BCUT2D eigenvalue weighted by molar-refractivity contribution is 5.93. The van der Waals surface area contributed by atoms with Gasteiger partial charge in [0.05, 0.1) is 25.4 Å². The molecule has 52 heavy (non-hydrogen) atoms. The summed E-state index contributed by atoms with van der Waals surface area (Å²) in [5, 5.41) is 23.1. The van der Waals surface area contributed by atoms with E-state index in [0.717, 1.165) is 17.7 Å². The average molecular weight is 734 g/mol. The van der Waals surface area contributed by atoms with Crippen LogP contribution in [0, 0.1) is 35.5 Å². The van der Waals surface area contributed by atoms with Crippen LogP contribution >= 0.6 is 0 Å². The number of esters is 2. The second-order valence-electron chi connectivity index (χ2n) is 14.9. The Labute approximate surface area is 310 Å². The third-order valence-electron chi connectivity index (χ3n) is 10.4. The minimum Gasteiger partial charge on any atom is -0.490 e. The van der Waals surface area contributed by atoms with E-state index in [1.165, 1.54) is 21.3 Å². The zero-order valence-corrected chi connectivity index (χ0v) is 33.0. The first-order chi connectivity index (χ1) is 24.3. The van der Waals surface area contributed by atoms with Crippen LogP contribution in [0.15, 0.2) is 59.4 Å². The van der Waals surface area contributed by atoms with Crippen LogP contribution in [0.4, 0.5) is 0 Å². The maximum absolute atomic E-state index is 13.7. The molecule has 0 aromatic rings. The van der Waals surface area contributed by atoms with Crippen LogP contribution < -0.4 is 5.73 Å². The summed E-state index contributed by atoms with van der Waals surface area (Å²) in [4.78, 5) is 37.6. The monoisotopic (exact) mass is 733 g/mol. The fourth-order valence-electron chi connectivity index (χ4n) is 7.31. The van der Waals surface area contributed by atoms with Crippen molar-refractivity contribution in [1.29, 1.82) is 0 Å². The molecule has 2 heterocycles. The molecule has 0 unspecified atom stereocenters. The predicted octanol–water partition coefficient (Wildman–Crippen LogP) is 4.94. The number of hydrogen-bond donors (Lipinski definition) is 3. The van der Waals surface area contributed by atoms with E-state index < -0.39 is 72.1 Å². The highest BCUT2D eigenvalue weighted by atomic mass is 16.7. The van der Waals surface area contributed by atoms with Crippen molar-refractivity contribution in [3.63, 3.8) is 0 Å². The Morgan fingerprint density at radius 1 is 1.06 bits per heavy atom. The number of cyclic esters (lactones) is 1. The summed E-state index contributed by atoms with van der Waals surface area (Å²) in [5.74, 6) is -5.76. The zero-order chi connectivity index (χ0) is 39.5. The van der Waals surface area contributed by atoms with Crippen molar-refractivity contribution in [2.24, 2.45) is 41.2 Å². The van der Waals surface area contributed by atoms with Crippen LogP contribution in [0.25, 0.3) is 0 Å². The van der Waals surface area contributed by atoms with Gasteiger partial charge in [-0.3, -0.25) is 4.79 Å². The number of methoxy groups -OCH3 is 3. The number of hydrogen-bond acceptors (Lipinski definition) is 11. The number of carbonyl (C=O) groups is 3. The lowest BCUT2D eigenvalue weighted by molar-refractivity contribution is -0.339. The molecule has 1 fully saturated rings. The van der Waals surface area contributed by atoms with Crippen LogP contribution in [0.1, 0.15) is 75.2 Å². The molecule has 0 radical (unpaired) electrons. The molecule has 0 aromatic carbocycles. The topological polar surface area (TPSA) is 173 Å². The van der Waals surface area contributed by atoms with E-state index in [9.17, 15) is 24.6 Å². The summed E-state index contributed by atoms with van der Waals surface area (Å²) in [6.07, 6.45) is 6.88. The lowest BCUT2D eigenvalue weighted by Gasteiger charge is -2.51. The molecular weight excluding hydrogens is 670 g/mol. The molecule has 0 aliphatic carbocycles. The van der Waals surface area contributed by atoms with Gasteiger partial charge in [0.15, 0.2) is 5.79 Å². The number of aliphatic hydroxyl groups excluding tert-OH is 2. The summed E-state index contributed by atoms with van der Waals surface area (Å²) in [6, 6.07) is 0. The standard InChI is InChI=1S/C40H63NO11/c1-22(2)37-27(7)32(50-34(43)17-16-33(41)42)21-40(49-12,52-37)29(9)36(45)28(8)38-30(47-10)15-13-14-23(3)18-25(5)35(44)26(6)19-24(4)20-31(48-11)39(46)51-38/h13-17,19-20,22,25-30,32,35-38,44-45H,18,21H2,1-12H3,(H2,41,42)/b15-13?,17-16+,23-14?,24-19?,31-20?/t25-,26+,27-,28-,29-,30-,32+,35-,36+,37+,38+,40+/m0/s1. The number of amides is 1. The molecule has 0 saturated carbocycles. The van der Waals surface area contributed by atoms with E-state index in [2.05, 4.69) is 0 Å². The molecule has 0 aromatic heterocycles. The SMILES string of the molecule is COC1=CC(C)=C[C@@H](C)[C@@H](O)[C@@H](C)CC(C)=CC=C[C@H](OC)[C@@H]([C@@H](C)[C@@H](O)[C@H](C)[C@@]2(OC)C[C@@H](OC(=O)/C=C/C(N)=O)[C@H](C)[C@@H](C(C)C)O2)OC1=O. The Morgan fingerprint density at radius 3 is 2.27 bits per heavy atom. The number of allylic oxidation sites excluding steroid dienone is 5. The van der Waals surface area contributed by atoms with Crippen LogP contribution in [0.5, 0.6) is 0 Å². The number of nitrogens with two attached hydrogens (primary N) is 1. The van der Waals surface area contributed by atoms with E-state index in [1.54, 1.807) is 26.0 Å². The molecule has 12 heteroatoms. The highest BCUT2D eigenvalue weighted by Crippen LogP contribution is 2.44. The van der Waals surface area contributed by atoms with Gasteiger partial charge in [0.1, 0.15) is 18.3 Å². The maximum Gasteiger partial charge on any atom is 0.373 e. The Balaban J connectivity index is 2.59. The van der Waals surface area contributed by atoms with Gasteiger partial charge in [-0.15, -0.1) is 0 Å². The van der Waals surface area contributed by atoms with E-state index >= 15 is 0 Å². The number of rotatable bonds is 11.